The van der Waals surface area contributed by atoms with E-state index in [-0.39, 0.29) is 18.6 Å². The van der Waals surface area contributed by atoms with Gasteiger partial charge in [-0.2, -0.15) is 5.10 Å². The summed E-state index contributed by atoms with van der Waals surface area (Å²) < 4.78 is 19.3. The highest BCUT2D eigenvalue weighted by molar-refractivity contribution is 6.76. The zero-order chi connectivity index (χ0) is 24.7. The number of hydrogen-bond donors (Lipinski definition) is 0. The third kappa shape index (κ3) is 7.40. The van der Waals surface area contributed by atoms with Gasteiger partial charge in [-0.1, -0.05) is 62.1 Å². The Balaban J connectivity index is 1.36. The zero-order valence-corrected chi connectivity index (χ0v) is 22.1. The maximum absolute atomic E-state index is 12.7. The predicted octanol–water partition coefficient (Wildman–Crippen LogP) is 5.18. The van der Waals surface area contributed by atoms with Crippen LogP contribution in [0, 0.1) is 5.92 Å². The SMILES string of the molecule is C[Si](C)(C)CCOCn1ncc2c(CC3COCCN(C(=O)OCc4ccccc4)C3)cccc21. The topological polar surface area (TPSA) is 65.8 Å². The number of benzene rings is 2. The number of carbonyl (C=O) groups excluding carboxylic acids is 1. The Morgan fingerprint density at radius 1 is 1.14 bits per heavy atom. The van der Waals surface area contributed by atoms with E-state index in [2.05, 4.69) is 42.9 Å². The third-order valence-electron chi connectivity index (χ3n) is 6.30. The van der Waals surface area contributed by atoms with Gasteiger partial charge < -0.3 is 19.1 Å². The molecule has 4 rings (SSSR count). The molecule has 7 nitrogen and oxygen atoms in total. The Morgan fingerprint density at radius 2 is 1.97 bits per heavy atom. The Kier molecular flexibility index (Phi) is 8.59. The fraction of sp³-hybridized carbons (Fsp3) is 0.481. The van der Waals surface area contributed by atoms with Crippen LogP contribution in [0.5, 0.6) is 0 Å². The molecule has 0 radical (unpaired) electrons. The maximum atomic E-state index is 12.7. The summed E-state index contributed by atoms with van der Waals surface area (Å²) >= 11 is 0. The minimum atomic E-state index is -1.11. The molecule has 1 aliphatic heterocycles. The van der Waals surface area contributed by atoms with Crippen molar-refractivity contribution in [2.45, 2.75) is 45.4 Å². The quantitative estimate of drug-likeness (QED) is 0.302. The van der Waals surface area contributed by atoms with Crippen molar-refractivity contribution in [3.8, 4) is 0 Å². The molecule has 1 aromatic heterocycles. The molecule has 0 bridgehead atoms. The summed E-state index contributed by atoms with van der Waals surface area (Å²) in [6, 6.07) is 17.2. The fourth-order valence-electron chi connectivity index (χ4n) is 4.26. The van der Waals surface area contributed by atoms with Gasteiger partial charge in [0.15, 0.2) is 0 Å². The van der Waals surface area contributed by atoms with E-state index in [1.54, 1.807) is 4.90 Å². The molecule has 1 atom stereocenters. The average Bonchev–Trinajstić information content (AvgIpc) is 3.11. The first-order valence-electron chi connectivity index (χ1n) is 12.4. The predicted molar refractivity (Wildman–Crippen MR) is 140 cm³/mol. The molecular formula is C27H37N3O4Si. The summed E-state index contributed by atoms with van der Waals surface area (Å²) in [5, 5.41) is 5.71. The number of carbonyl (C=O) groups is 1. The Hall–Kier alpha value is -2.68. The Morgan fingerprint density at radius 3 is 2.77 bits per heavy atom. The average molecular weight is 496 g/mol. The van der Waals surface area contributed by atoms with Gasteiger partial charge in [-0.05, 0) is 29.7 Å². The molecule has 0 aliphatic carbocycles. The fourth-order valence-corrected chi connectivity index (χ4v) is 5.02. The van der Waals surface area contributed by atoms with Crippen molar-refractivity contribution in [2.75, 3.05) is 32.9 Å². The molecule has 0 spiro atoms. The van der Waals surface area contributed by atoms with Crippen LogP contribution >= 0.6 is 0 Å². The summed E-state index contributed by atoms with van der Waals surface area (Å²) in [4.78, 5) is 14.5. The molecule has 1 aliphatic rings. The highest BCUT2D eigenvalue weighted by atomic mass is 28.3. The van der Waals surface area contributed by atoms with Gasteiger partial charge in [0, 0.05) is 39.1 Å². The van der Waals surface area contributed by atoms with Gasteiger partial charge >= 0.3 is 6.09 Å². The van der Waals surface area contributed by atoms with E-state index < -0.39 is 8.07 Å². The molecule has 1 saturated heterocycles. The molecule has 3 aromatic rings. The van der Waals surface area contributed by atoms with Crippen molar-refractivity contribution >= 4 is 25.1 Å². The number of hydrogen-bond acceptors (Lipinski definition) is 5. The van der Waals surface area contributed by atoms with Crippen molar-refractivity contribution in [3.05, 3.63) is 65.9 Å². The van der Waals surface area contributed by atoms with Gasteiger partial charge in [-0.15, -0.1) is 0 Å². The van der Waals surface area contributed by atoms with Crippen LogP contribution < -0.4 is 0 Å². The number of nitrogens with zero attached hydrogens (tertiary/aromatic N) is 3. The summed E-state index contributed by atoms with van der Waals surface area (Å²) in [7, 11) is -1.11. The number of rotatable bonds is 9. The lowest BCUT2D eigenvalue weighted by molar-refractivity contribution is 0.0817. The summed E-state index contributed by atoms with van der Waals surface area (Å²) in [6.07, 6.45) is 2.45. The van der Waals surface area contributed by atoms with E-state index in [0.717, 1.165) is 35.5 Å². The molecule has 0 saturated carbocycles. The normalized spacial score (nSPS) is 16.9. The second-order valence-electron chi connectivity index (χ2n) is 10.5. The van der Waals surface area contributed by atoms with Gasteiger partial charge in [0.1, 0.15) is 13.3 Å². The second kappa shape index (κ2) is 11.8. The smallest absolute Gasteiger partial charge is 0.410 e. The number of aromatic nitrogens is 2. The number of amides is 1. The van der Waals surface area contributed by atoms with Crippen LogP contribution in [0.25, 0.3) is 10.9 Å². The molecule has 2 heterocycles. The van der Waals surface area contributed by atoms with E-state index in [1.807, 2.05) is 41.2 Å². The van der Waals surface area contributed by atoms with Crippen molar-refractivity contribution in [1.82, 2.24) is 14.7 Å². The molecule has 8 heteroatoms. The van der Waals surface area contributed by atoms with Crippen LogP contribution in [0.3, 0.4) is 0 Å². The molecule has 2 aromatic carbocycles. The van der Waals surface area contributed by atoms with Crippen LogP contribution in [0.2, 0.25) is 25.7 Å². The van der Waals surface area contributed by atoms with Gasteiger partial charge in [-0.25, -0.2) is 9.48 Å². The first-order valence-corrected chi connectivity index (χ1v) is 16.1. The monoisotopic (exact) mass is 495 g/mol. The van der Waals surface area contributed by atoms with Crippen molar-refractivity contribution < 1.29 is 19.0 Å². The van der Waals surface area contributed by atoms with Gasteiger partial charge in [0.25, 0.3) is 0 Å². The lowest BCUT2D eigenvalue weighted by Crippen LogP contribution is -2.36. The van der Waals surface area contributed by atoms with Gasteiger partial charge in [0.2, 0.25) is 0 Å². The van der Waals surface area contributed by atoms with E-state index in [9.17, 15) is 4.79 Å². The van der Waals surface area contributed by atoms with Crippen molar-refractivity contribution in [1.29, 1.82) is 0 Å². The van der Waals surface area contributed by atoms with Crippen LogP contribution in [0.4, 0.5) is 4.79 Å². The first-order chi connectivity index (χ1) is 16.9. The lowest BCUT2D eigenvalue weighted by atomic mass is 9.97. The van der Waals surface area contributed by atoms with Crippen LogP contribution in [-0.4, -0.2) is 61.8 Å². The molecule has 1 unspecified atom stereocenters. The standard InChI is InChI=1S/C27H37N3O4Si/c1-35(2,3)15-14-33-21-30-26-11-7-10-24(25(26)17-28-30)16-23-18-29(12-13-32-19-23)27(31)34-20-22-8-5-4-6-9-22/h4-11,17,23H,12-16,18-21H2,1-3H3. The third-order valence-corrected chi connectivity index (χ3v) is 8.00. The Labute approximate surface area is 209 Å². The molecule has 1 fully saturated rings. The van der Waals surface area contributed by atoms with Crippen molar-refractivity contribution in [3.63, 3.8) is 0 Å². The van der Waals surface area contributed by atoms with E-state index >= 15 is 0 Å². The summed E-state index contributed by atoms with van der Waals surface area (Å²) in [5.74, 6) is 0.184. The lowest BCUT2D eigenvalue weighted by Gasteiger charge is -2.23. The van der Waals surface area contributed by atoms with Crippen LogP contribution in [0.1, 0.15) is 11.1 Å². The molecular weight excluding hydrogens is 458 g/mol. The number of ether oxygens (including phenoxy) is 3. The van der Waals surface area contributed by atoms with Gasteiger partial charge in [-0.3, -0.25) is 0 Å². The molecule has 188 valence electrons. The molecule has 1 amide bonds. The van der Waals surface area contributed by atoms with Crippen LogP contribution in [-0.2, 0) is 34.0 Å². The maximum Gasteiger partial charge on any atom is 0.410 e. The van der Waals surface area contributed by atoms with E-state index in [4.69, 9.17) is 14.2 Å². The first kappa shape index (κ1) is 25.4. The molecule has 35 heavy (non-hydrogen) atoms. The second-order valence-corrected chi connectivity index (χ2v) is 16.1. The highest BCUT2D eigenvalue weighted by Crippen LogP contribution is 2.23. The number of fused-ring (bicyclic) bond motifs is 1. The van der Waals surface area contributed by atoms with E-state index in [1.165, 1.54) is 5.56 Å². The Bertz CT molecular complexity index is 1100. The minimum Gasteiger partial charge on any atom is -0.445 e. The summed E-state index contributed by atoms with van der Waals surface area (Å²) in [6.45, 7) is 10.9. The highest BCUT2D eigenvalue weighted by Gasteiger charge is 2.24. The summed E-state index contributed by atoms with van der Waals surface area (Å²) in [5.41, 5.74) is 3.27. The largest absolute Gasteiger partial charge is 0.445 e. The van der Waals surface area contributed by atoms with Crippen LogP contribution in [0.15, 0.2) is 54.7 Å². The molecule has 0 N–H and O–H groups in total. The van der Waals surface area contributed by atoms with E-state index in [0.29, 0.717) is 33.0 Å². The van der Waals surface area contributed by atoms with Crippen molar-refractivity contribution in [2.24, 2.45) is 5.92 Å². The zero-order valence-electron chi connectivity index (χ0n) is 21.1. The van der Waals surface area contributed by atoms with Gasteiger partial charge in [0.05, 0.1) is 24.9 Å². The minimum absolute atomic E-state index is 0.184.